The van der Waals surface area contributed by atoms with Gasteiger partial charge in [0.15, 0.2) is 5.16 Å². The van der Waals surface area contributed by atoms with Crippen LogP contribution in [0.4, 0.5) is 4.39 Å². The second-order valence-electron chi connectivity index (χ2n) is 8.67. The molecular weight excluding hydrogens is 415 g/mol. The molecule has 0 aliphatic carbocycles. The fraction of sp³-hybridized carbons (Fsp3) is 0.609. The van der Waals surface area contributed by atoms with Gasteiger partial charge in [0.1, 0.15) is 11.6 Å². The van der Waals surface area contributed by atoms with Gasteiger partial charge in [0.25, 0.3) is 0 Å². The molecule has 2 unspecified atom stereocenters. The maximum Gasteiger partial charge on any atom is 0.220 e. The zero-order chi connectivity index (χ0) is 21.7. The molecule has 2 aliphatic rings. The van der Waals surface area contributed by atoms with E-state index in [9.17, 15) is 9.18 Å². The van der Waals surface area contributed by atoms with E-state index in [0.29, 0.717) is 30.9 Å². The number of ether oxygens (including phenoxy) is 1. The molecule has 1 saturated heterocycles. The van der Waals surface area contributed by atoms with Gasteiger partial charge < -0.3 is 14.6 Å². The first kappa shape index (κ1) is 22.3. The van der Waals surface area contributed by atoms with Crippen molar-refractivity contribution in [2.24, 2.45) is 0 Å². The molecule has 0 radical (unpaired) electrons. The Balaban J connectivity index is 1.53. The van der Waals surface area contributed by atoms with Crippen LogP contribution < -0.4 is 5.32 Å². The molecule has 0 saturated carbocycles. The molecule has 1 N–H and O–H groups in total. The third-order valence-corrected chi connectivity index (χ3v) is 7.19. The van der Waals surface area contributed by atoms with Crippen molar-refractivity contribution in [1.82, 2.24) is 20.1 Å². The van der Waals surface area contributed by atoms with Crippen LogP contribution in [0.2, 0.25) is 0 Å². The van der Waals surface area contributed by atoms with Crippen molar-refractivity contribution in [2.45, 2.75) is 87.4 Å². The maximum atomic E-state index is 14.0. The fourth-order valence-electron chi connectivity index (χ4n) is 4.47. The molecular formula is C23H31FN4O2S. The molecule has 8 heteroatoms. The van der Waals surface area contributed by atoms with Crippen LogP contribution in [0.3, 0.4) is 0 Å². The number of halogens is 1. The summed E-state index contributed by atoms with van der Waals surface area (Å²) in [5.74, 6) is 1.36. The quantitative estimate of drug-likeness (QED) is 0.671. The number of fused-ring (bicyclic) bond motifs is 3. The van der Waals surface area contributed by atoms with Crippen LogP contribution in [-0.4, -0.2) is 38.9 Å². The Kier molecular flexibility index (Phi) is 7.27. The number of benzene rings is 1. The molecule has 1 aromatic carbocycles. The molecule has 2 aliphatic heterocycles. The Hall–Kier alpha value is -1.93. The number of rotatable bonds is 6. The van der Waals surface area contributed by atoms with Crippen molar-refractivity contribution in [3.63, 3.8) is 0 Å². The third kappa shape index (κ3) is 5.47. The summed E-state index contributed by atoms with van der Waals surface area (Å²) in [5.41, 5.74) is 0.391. The summed E-state index contributed by atoms with van der Waals surface area (Å²) >= 11 is 1.51. The SMILES string of the molecule is CCCCC12COC(Cn3c(nnc3SCc3ccccc3F)CCCCC(=O)N1)C2. The predicted octanol–water partition coefficient (Wildman–Crippen LogP) is 4.27. The highest BCUT2D eigenvalue weighted by Gasteiger charge is 2.41. The lowest BCUT2D eigenvalue weighted by Gasteiger charge is -2.29. The molecule has 168 valence electrons. The number of carbonyl (C=O) groups excluding carboxylic acids is 1. The Morgan fingerprint density at radius 3 is 2.97 bits per heavy atom. The highest BCUT2D eigenvalue weighted by atomic mass is 32.2. The first-order chi connectivity index (χ1) is 15.1. The summed E-state index contributed by atoms with van der Waals surface area (Å²) in [6, 6.07) is 6.85. The number of aryl methyl sites for hydroxylation is 1. The number of aromatic nitrogens is 3. The van der Waals surface area contributed by atoms with Crippen molar-refractivity contribution >= 4 is 17.7 Å². The molecule has 4 rings (SSSR count). The van der Waals surface area contributed by atoms with Crippen molar-refractivity contribution in [2.75, 3.05) is 6.61 Å². The summed E-state index contributed by atoms with van der Waals surface area (Å²) in [6.07, 6.45) is 6.91. The molecule has 6 nitrogen and oxygen atoms in total. The standard InChI is InChI=1S/C23H31FN4O2S/c1-2-3-12-23-13-18(30-16-23)14-28-20(10-6-7-11-21(29)25-23)26-27-22(28)31-15-17-8-4-5-9-19(17)24/h4-5,8-9,18H,2-3,6-7,10-16H2,1H3,(H,25,29). The fourth-order valence-corrected chi connectivity index (χ4v) is 5.42. The average Bonchev–Trinajstić information content (AvgIpc) is 3.33. The monoisotopic (exact) mass is 446 g/mol. The number of amides is 1. The van der Waals surface area contributed by atoms with Gasteiger partial charge in [-0.3, -0.25) is 4.79 Å². The van der Waals surface area contributed by atoms with Gasteiger partial charge in [-0.05, 0) is 30.9 Å². The topological polar surface area (TPSA) is 69.0 Å². The Morgan fingerprint density at radius 2 is 2.13 bits per heavy atom. The van der Waals surface area contributed by atoms with Crippen LogP contribution in [0.1, 0.15) is 63.3 Å². The van der Waals surface area contributed by atoms with Crippen LogP contribution in [0.15, 0.2) is 29.4 Å². The molecule has 2 bridgehead atoms. The van der Waals surface area contributed by atoms with E-state index < -0.39 is 0 Å². The Labute approximate surface area is 187 Å². The smallest absolute Gasteiger partial charge is 0.220 e. The molecule has 1 amide bonds. The van der Waals surface area contributed by atoms with E-state index in [1.54, 1.807) is 12.1 Å². The number of nitrogens with zero attached hydrogens (tertiary/aromatic N) is 3. The van der Waals surface area contributed by atoms with Crippen molar-refractivity contribution in [3.8, 4) is 0 Å². The number of carbonyl (C=O) groups is 1. The lowest BCUT2D eigenvalue weighted by atomic mass is 9.89. The van der Waals surface area contributed by atoms with E-state index in [1.807, 2.05) is 6.07 Å². The van der Waals surface area contributed by atoms with Crippen LogP contribution in [-0.2, 0) is 28.2 Å². The molecule has 0 spiro atoms. The van der Waals surface area contributed by atoms with Crippen molar-refractivity contribution in [1.29, 1.82) is 0 Å². The van der Waals surface area contributed by atoms with Crippen LogP contribution >= 0.6 is 11.8 Å². The summed E-state index contributed by atoms with van der Waals surface area (Å²) in [4.78, 5) is 12.5. The van der Waals surface area contributed by atoms with E-state index in [4.69, 9.17) is 4.74 Å². The molecule has 31 heavy (non-hydrogen) atoms. The van der Waals surface area contributed by atoms with Crippen LogP contribution in [0.25, 0.3) is 0 Å². The first-order valence-corrected chi connectivity index (χ1v) is 12.3. The molecule has 1 aromatic heterocycles. The zero-order valence-electron chi connectivity index (χ0n) is 18.1. The predicted molar refractivity (Wildman–Crippen MR) is 118 cm³/mol. The number of unbranched alkanes of at least 4 members (excludes halogenated alkanes) is 1. The lowest BCUT2D eigenvalue weighted by Crippen LogP contribution is -2.49. The average molecular weight is 447 g/mol. The van der Waals surface area contributed by atoms with Gasteiger partial charge in [0.2, 0.25) is 5.91 Å². The summed E-state index contributed by atoms with van der Waals surface area (Å²) in [7, 11) is 0. The second kappa shape index (κ2) is 10.1. The van der Waals surface area contributed by atoms with Gasteiger partial charge in [-0.1, -0.05) is 49.7 Å². The van der Waals surface area contributed by atoms with Gasteiger partial charge in [-0.15, -0.1) is 10.2 Å². The van der Waals surface area contributed by atoms with Gasteiger partial charge >= 0.3 is 0 Å². The van der Waals surface area contributed by atoms with E-state index in [1.165, 1.54) is 17.8 Å². The van der Waals surface area contributed by atoms with E-state index in [0.717, 1.165) is 55.9 Å². The van der Waals surface area contributed by atoms with Gasteiger partial charge in [0, 0.05) is 25.0 Å². The molecule has 2 atom stereocenters. The molecule has 2 aromatic rings. The zero-order valence-corrected chi connectivity index (χ0v) is 18.9. The van der Waals surface area contributed by atoms with Gasteiger partial charge in [-0.2, -0.15) is 0 Å². The minimum absolute atomic E-state index is 0.000793. The highest BCUT2D eigenvalue weighted by Crippen LogP contribution is 2.32. The Bertz CT molecular complexity index is 905. The van der Waals surface area contributed by atoms with E-state index in [-0.39, 0.29) is 23.4 Å². The third-order valence-electron chi connectivity index (χ3n) is 6.18. The van der Waals surface area contributed by atoms with E-state index >= 15 is 0 Å². The largest absolute Gasteiger partial charge is 0.374 e. The minimum Gasteiger partial charge on any atom is -0.374 e. The van der Waals surface area contributed by atoms with Gasteiger partial charge in [-0.25, -0.2) is 4.39 Å². The lowest BCUT2D eigenvalue weighted by molar-refractivity contribution is -0.123. The summed E-state index contributed by atoms with van der Waals surface area (Å²) in [6.45, 7) is 3.38. The Morgan fingerprint density at radius 1 is 1.29 bits per heavy atom. The summed E-state index contributed by atoms with van der Waals surface area (Å²) < 4.78 is 22.4. The number of nitrogens with one attached hydrogen (secondary N) is 1. The minimum atomic E-state index is -0.272. The maximum absolute atomic E-state index is 14.0. The number of hydrogen-bond acceptors (Lipinski definition) is 5. The van der Waals surface area contributed by atoms with Crippen molar-refractivity contribution in [3.05, 3.63) is 41.5 Å². The number of hydrogen-bond donors (Lipinski definition) is 1. The van der Waals surface area contributed by atoms with E-state index in [2.05, 4.69) is 27.0 Å². The second-order valence-corrected chi connectivity index (χ2v) is 9.61. The first-order valence-electron chi connectivity index (χ1n) is 11.3. The molecule has 1 fully saturated rings. The van der Waals surface area contributed by atoms with Gasteiger partial charge in [0.05, 0.1) is 24.8 Å². The number of thioether (sulfide) groups is 1. The van der Waals surface area contributed by atoms with Crippen LogP contribution in [0.5, 0.6) is 0 Å². The normalized spacial score (nSPS) is 24.2. The van der Waals surface area contributed by atoms with Crippen LogP contribution in [0, 0.1) is 5.82 Å². The summed E-state index contributed by atoms with van der Waals surface area (Å²) in [5, 5.41) is 13.0. The highest BCUT2D eigenvalue weighted by molar-refractivity contribution is 7.98. The molecule has 3 heterocycles. The van der Waals surface area contributed by atoms with Crippen molar-refractivity contribution < 1.29 is 13.9 Å².